The second-order valence-electron chi connectivity index (χ2n) is 3.76. The Morgan fingerprint density at radius 1 is 1.17 bits per heavy atom. The molecule has 2 fully saturated rings. The van der Waals surface area contributed by atoms with Gasteiger partial charge >= 0.3 is 0 Å². The Morgan fingerprint density at radius 2 is 1.67 bits per heavy atom. The lowest BCUT2D eigenvalue weighted by Crippen LogP contribution is -2.60. The topological polar surface area (TPSA) is 63.4 Å². The van der Waals surface area contributed by atoms with Crippen LogP contribution in [0.25, 0.3) is 0 Å². The number of nitrogens with two attached hydrogens (primary N) is 1. The van der Waals surface area contributed by atoms with Crippen LogP contribution in [0, 0.1) is 0 Å². The maximum absolute atomic E-state index is 11.3. The van der Waals surface area contributed by atoms with E-state index in [2.05, 4.69) is 0 Å². The SMILES string of the molecule is NN1C2CCCC1CS(=O)(=O)C2. The van der Waals surface area contributed by atoms with Crippen molar-refractivity contribution in [2.24, 2.45) is 5.84 Å². The van der Waals surface area contributed by atoms with Crippen molar-refractivity contribution in [1.29, 1.82) is 0 Å². The van der Waals surface area contributed by atoms with Gasteiger partial charge in [-0.3, -0.25) is 5.84 Å². The molecule has 70 valence electrons. The van der Waals surface area contributed by atoms with Gasteiger partial charge in [-0.15, -0.1) is 0 Å². The van der Waals surface area contributed by atoms with E-state index in [0.29, 0.717) is 0 Å². The standard InChI is InChI=1S/C7H14N2O2S/c8-9-6-2-1-3-7(9)5-12(10,11)4-6/h6-7H,1-5,8H2. The van der Waals surface area contributed by atoms with Crippen molar-refractivity contribution in [3.8, 4) is 0 Å². The highest BCUT2D eigenvalue weighted by atomic mass is 32.2. The lowest BCUT2D eigenvalue weighted by molar-refractivity contribution is 0.0995. The molecule has 0 saturated carbocycles. The van der Waals surface area contributed by atoms with Crippen LogP contribution in [0.15, 0.2) is 0 Å². The van der Waals surface area contributed by atoms with Crippen molar-refractivity contribution in [3.63, 3.8) is 0 Å². The summed E-state index contributed by atoms with van der Waals surface area (Å²) in [5.74, 6) is 6.30. The van der Waals surface area contributed by atoms with Crippen molar-refractivity contribution in [2.45, 2.75) is 31.3 Å². The van der Waals surface area contributed by atoms with Crippen molar-refractivity contribution in [3.05, 3.63) is 0 Å². The van der Waals surface area contributed by atoms with Gasteiger partial charge < -0.3 is 0 Å². The van der Waals surface area contributed by atoms with E-state index in [9.17, 15) is 8.42 Å². The zero-order valence-electron chi connectivity index (χ0n) is 6.94. The maximum Gasteiger partial charge on any atom is 0.153 e. The number of nitrogens with zero attached hydrogens (tertiary/aromatic N) is 1. The lowest BCUT2D eigenvalue weighted by Gasteiger charge is -2.42. The van der Waals surface area contributed by atoms with Crippen LogP contribution in [0.4, 0.5) is 0 Å². The van der Waals surface area contributed by atoms with E-state index in [-0.39, 0.29) is 23.6 Å². The highest BCUT2D eigenvalue weighted by Gasteiger charge is 2.38. The van der Waals surface area contributed by atoms with Gasteiger partial charge in [0.15, 0.2) is 9.84 Å². The van der Waals surface area contributed by atoms with E-state index in [1.165, 1.54) is 0 Å². The molecule has 2 heterocycles. The van der Waals surface area contributed by atoms with Crippen LogP contribution in [0.5, 0.6) is 0 Å². The van der Waals surface area contributed by atoms with E-state index >= 15 is 0 Å². The van der Waals surface area contributed by atoms with Crippen molar-refractivity contribution >= 4 is 9.84 Å². The third kappa shape index (κ3) is 1.36. The third-order valence-electron chi connectivity index (χ3n) is 2.81. The van der Waals surface area contributed by atoms with Crippen molar-refractivity contribution < 1.29 is 8.42 Å². The minimum absolute atomic E-state index is 0.0856. The van der Waals surface area contributed by atoms with Crippen LogP contribution >= 0.6 is 0 Å². The summed E-state index contributed by atoms with van der Waals surface area (Å²) in [5.41, 5.74) is 0. The number of rotatable bonds is 0. The molecule has 12 heavy (non-hydrogen) atoms. The Hall–Kier alpha value is -0.130. The van der Waals surface area contributed by atoms with Gasteiger partial charge in [-0.2, -0.15) is 0 Å². The van der Waals surface area contributed by atoms with Gasteiger partial charge in [0.1, 0.15) is 0 Å². The Bertz CT molecular complexity index is 255. The smallest absolute Gasteiger partial charge is 0.153 e. The van der Waals surface area contributed by atoms with Crippen molar-refractivity contribution in [1.82, 2.24) is 5.01 Å². The van der Waals surface area contributed by atoms with Gasteiger partial charge in [0.05, 0.1) is 11.5 Å². The quantitative estimate of drug-likeness (QED) is 0.524. The Labute approximate surface area is 72.6 Å². The highest BCUT2D eigenvalue weighted by Crippen LogP contribution is 2.26. The fraction of sp³-hybridized carbons (Fsp3) is 1.00. The average molecular weight is 190 g/mol. The molecule has 2 bridgehead atoms. The van der Waals surface area contributed by atoms with E-state index in [1.54, 1.807) is 5.01 Å². The molecule has 5 heteroatoms. The van der Waals surface area contributed by atoms with Gasteiger partial charge in [0, 0.05) is 12.1 Å². The number of hydrogen-bond donors (Lipinski definition) is 1. The summed E-state index contributed by atoms with van der Waals surface area (Å²) >= 11 is 0. The summed E-state index contributed by atoms with van der Waals surface area (Å²) in [6, 6.07) is 0.171. The molecule has 0 aromatic rings. The largest absolute Gasteiger partial charge is 0.268 e. The molecule has 4 nitrogen and oxygen atoms in total. The van der Waals surface area contributed by atoms with Gasteiger partial charge in [-0.05, 0) is 12.8 Å². The molecule has 2 rings (SSSR count). The number of sulfone groups is 1. The average Bonchev–Trinajstić information content (AvgIpc) is 1.92. The molecule has 0 amide bonds. The molecule has 0 aromatic heterocycles. The van der Waals surface area contributed by atoms with Crippen LogP contribution < -0.4 is 5.84 Å². The summed E-state index contributed by atoms with van der Waals surface area (Å²) < 4.78 is 22.7. The second kappa shape index (κ2) is 2.68. The summed E-state index contributed by atoms with van der Waals surface area (Å²) in [6.45, 7) is 0. The van der Waals surface area contributed by atoms with Crippen LogP contribution in [-0.2, 0) is 9.84 Å². The minimum atomic E-state index is -2.80. The highest BCUT2D eigenvalue weighted by molar-refractivity contribution is 7.91. The predicted molar refractivity (Wildman–Crippen MR) is 46.1 cm³/mol. The molecule has 2 saturated heterocycles. The first-order chi connectivity index (χ1) is 5.58. The summed E-state index contributed by atoms with van der Waals surface area (Å²) in [5, 5.41) is 1.75. The summed E-state index contributed by atoms with van der Waals surface area (Å²) in [7, 11) is -2.80. The number of hydrazine groups is 1. The molecule has 2 aliphatic heterocycles. The minimum Gasteiger partial charge on any atom is -0.268 e. The zero-order valence-corrected chi connectivity index (χ0v) is 7.76. The number of hydrogen-bond acceptors (Lipinski definition) is 4. The normalized spacial score (nSPS) is 41.1. The van der Waals surface area contributed by atoms with E-state index in [1.807, 2.05) is 0 Å². The first-order valence-electron chi connectivity index (χ1n) is 4.32. The van der Waals surface area contributed by atoms with E-state index in [4.69, 9.17) is 5.84 Å². The molecule has 0 spiro atoms. The molecule has 2 unspecified atom stereocenters. The van der Waals surface area contributed by atoms with E-state index < -0.39 is 9.84 Å². The first kappa shape index (κ1) is 8.47. The number of fused-ring (bicyclic) bond motifs is 2. The van der Waals surface area contributed by atoms with Gasteiger partial charge in [0.25, 0.3) is 0 Å². The van der Waals surface area contributed by atoms with Crippen LogP contribution in [0.2, 0.25) is 0 Å². The predicted octanol–water partition coefficient (Wildman–Crippen LogP) is -0.488. The van der Waals surface area contributed by atoms with Crippen LogP contribution in [0.1, 0.15) is 19.3 Å². The van der Waals surface area contributed by atoms with Gasteiger partial charge in [-0.25, -0.2) is 13.4 Å². The zero-order chi connectivity index (χ0) is 8.77. The van der Waals surface area contributed by atoms with Gasteiger partial charge in [-0.1, -0.05) is 6.42 Å². The Kier molecular flexibility index (Phi) is 1.89. The van der Waals surface area contributed by atoms with Crippen LogP contribution in [-0.4, -0.2) is 37.0 Å². The maximum atomic E-state index is 11.3. The fourth-order valence-electron chi connectivity index (χ4n) is 2.18. The van der Waals surface area contributed by atoms with E-state index in [0.717, 1.165) is 19.3 Å². The fourth-order valence-corrected chi connectivity index (χ4v) is 4.16. The molecule has 2 N–H and O–H groups in total. The molecular formula is C7H14N2O2S. The molecule has 0 aromatic carbocycles. The second-order valence-corrected chi connectivity index (χ2v) is 5.92. The third-order valence-corrected chi connectivity index (χ3v) is 4.60. The summed E-state index contributed by atoms with van der Waals surface area (Å²) in [6.07, 6.45) is 3.00. The Morgan fingerprint density at radius 3 is 2.17 bits per heavy atom. The monoisotopic (exact) mass is 190 g/mol. The number of piperidine rings is 1. The lowest BCUT2D eigenvalue weighted by atomic mass is 9.99. The molecule has 2 atom stereocenters. The molecular weight excluding hydrogens is 176 g/mol. The molecule has 0 radical (unpaired) electrons. The summed E-state index contributed by atoms with van der Waals surface area (Å²) in [4.78, 5) is 0. The first-order valence-corrected chi connectivity index (χ1v) is 6.14. The molecule has 0 aliphatic carbocycles. The van der Waals surface area contributed by atoms with Crippen LogP contribution in [0.3, 0.4) is 0 Å². The van der Waals surface area contributed by atoms with Gasteiger partial charge in [0.2, 0.25) is 0 Å². The van der Waals surface area contributed by atoms with Crippen molar-refractivity contribution in [2.75, 3.05) is 11.5 Å². The Balaban J connectivity index is 2.23. The molecule has 2 aliphatic rings.